The molecule has 0 bridgehead atoms. The smallest absolute Gasteiger partial charge is 0.350 e. The maximum absolute atomic E-state index is 12.5. The molecule has 0 aliphatic carbocycles. The highest BCUT2D eigenvalue weighted by atomic mass is 32.1. The highest BCUT2D eigenvalue weighted by Crippen LogP contribution is 2.35. The Morgan fingerprint density at radius 2 is 1.96 bits per heavy atom. The molecular weight excluding hydrogens is 350 g/mol. The lowest BCUT2D eigenvalue weighted by atomic mass is 10.2. The summed E-state index contributed by atoms with van der Waals surface area (Å²) in [6.07, 6.45) is 0. The van der Waals surface area contributed by atoms with Gasteiger partial charge in [0.05, 0.1) is 12.3 Å². The van der Waals surface area contributed by atoms with Crippen molar-refractivity contribution < 1.29 is 14.3 Å². The molecule has 6 nitrogen and oxygen atoms in total. The van der Waals surface area contributed by atoms with E-state index in [2.05, 4.69) is 10.4 Å². The SMILES string of the molecule is CCOC(=O)c1sc(-c2ccccc2)cc1NC(=O)c1cc(C)n(C)n1. The predicted molar refractivity (Wildman–Crippen MR) is 102 cm³/mol. The second kappa shape index (κ2) is 7.53. The molecule has 3 rings (SSSR count). The molecule has 0 aliphatic rings. The van der Waals surface area contributed by atoms with Crippen LogP contribution in [0.15, 0.2) is 42.5 Å². The molecule has 0 aliphatic heterocycles. The van der Waals surface area contributed by atoms with Gasteiger partial charge in [-0.15, -0.1) is 11.3 Å². The summed E-state index contributed by atoms with van der Waals surface area (Å²) in [4.78, 5) is 26.1. The van der Waals surface area contributed by atoms with Crippen LogP contribution in [0.2, 0.25) is 0 Å². The maximum Gasteiger partial charge on any atom is 0.350 e. The maximum atomic E-state index is 12.5. The van der Waals surface area contributed by atoms with E-state index in [4.69, 9.17) is 4.74 Å². The van der Waals surface area contributed by atoms with Crippen molar-refractivity contribution >= 4 is 28.9 Å². The summed E-state index contributed by atoms with van der Waals surface area (Å²) in [5, 5.41) is 6.97. The molecule has 0 saturated heterocycles. The van der Waals surface area contributed by atoms with Crippen LogP contribution in [-0.2, 0) is 11.8 Å². The molecule has 0 saturated carbocycles. The summed E-state index contributed by atoms with van der Waals surface area (Å²) in [7, 11) is 1.77. The van der Waals surface area contributed by atoms with Crippen LogP contribution in [0, 0.1) is 6.92 Å². The number of nitrogens with one attached hydrogen (secondary N) is 1. The number of benzene rings is 1. The van der Waals surface area contributed by atoms with Gasteiger partial charge in [0.2, 0.25) is 0 Å². The summed E-state index contributed by atoms with van der Waals surface area (Å²) < 4.78 is 6.76. The first-order valence-corrected chi connectivity index (χ1v) is 8.99. The third-order valence-electron chi connectivity index (χ3n) is 3.85. The molecule has 2 aromatic heterocycles. The molecule has 1 aromatic carbocycles. The molecule has 0 spiro atoms. The van der Waals surface area contributed by atoms with Crippen molar-refractivity contribution in [2.45, 2.75) is 13.8 Å². The summed E-state index contributed by atoms with van der Waals surface area (Å²) in [6, 6.07) is 13.2. The van der Waals surface area contributed by atoms with Crippen molar-refractivity contribution in [1.29, 1.82) is 0 Å². The third kappa shape index (κ3) is 3.67. The van der Waals surface area contributed by atoms with E-state index in [1.807, 2.05) is 37.3 Å². The summed E-state index contributed by atoms with van der Waals surface area (Å²) >= 11 is 1.29. The van der Waals surface area contributed by atoms with Crippen LogP contribution in [0.4, 0.5) is 5.69 Å². The molecule has 1 amide bonds. The fourth-order valence-corrected chi connectivity index (χ4v) is 3.45. The van der Waals surface area contributed by atoms with E-state index in [9.17, 15) is 9.59 Å². The number of nitrogens with zero attached hydrogens (tertiary/aromatic N) is 2. The monoisotopic (exact) mass is 369 g/mol. The van der Waals surface area contributed by atoms with E-state index < -0.39 is 5.97 Å². The predicted octanol–water partition coefficient (Wildman–Crippen LogP) is 3.89. The minimum atomic E-state index is -0.452. The van der Waals surface area contributed by atoms with Crippen LogP contribution in [-0.4, -0.2) is 28.3 Å². The number of carbonyl (C=O) groups is 2. The number of aromatic nitrogens is 2. The number of thiophene rings is 1. The molecule has 0 fully saturated rings. The molecule has 26 heavy (non-hydrogen) atoms. The Morgan fingerprint density at radius 1 is 1.23 bits per heavy atom. The number of ether oxygens (including phenoxy) is 1. The molecule has 0 unspecified atom stereocenters. The average molecular weight is 369 g/mol. The van der Waals surface area contributed by atoms with Crippen LogP contribution in [0.25, 0.3) is 10.4 Å². The number of aryl methyl sites for hydroxylation is 2. The fourth-order valence-electron chi connectivity index (χ4n) is 2.43. The largest absolute Gasteiger partial charge is 0.462 e. The van der Waals surface area contributed by atoms with Gasteiger partial charge in [-0.1, -0.05) is 30.3 Å². The normalized spacial score (nSPS) is 10.6. The van der Waals surface area contributed by atoms with E-state index in [1.165, 1.54) is 11.3 Å². The molecule has 134 valence electrons. The first-order valence-electron chi connectivity index (χ1n) is 8.18. The van der Waals surface area contributed by atoms with Gasteiger partial charge < -0.3 is 10.1 Å². The lowest BCUT2D eigenvalue weighted by Gasteiger charge is -2.04. The van der Waals surface area contributed by atoms with E-state index in [0.29, 0.717) is 16.3 Å². The zero-order valence-corrected chi connectivity index (χ0v) is 15.6. The highest BCUT2D eigenvalue weighted by Gasteiger charge is 2.21. The lowest BCUT2D eigenvalue weighted by molar-refractivity contribution is 0.0533. The van der Waals surface area contributed by atoms with E-state index in [-0.39, 0.29) is 12.5 Å². The van der Waals surface area contributed by atoms with E-state index in [0.717, 1.165) is 16.1 Å². The first-order chi connectivity index (χ1) is 12.5. The van der Waals surface area contributed by atoms with Crippen molar-refractivity contribution in [3.8, 4) is 10.4 Å². The fraction of sp³-hybridized carbons (Fsp3) is 0.211. The number of amides is 1. The minimum Gasteiger partial charge on any atom is -0.462 e. The quantitative estimate of drug-likeness (QED) is 0.693. The van der Waals surface area contributed by atoms with Gasteiger partial charge >= 0.3 is 5.97 Å². The zero-order chi connectivity index (χ0) is 18.7. The molecule has 2 heterocycles. The van der Waals surface area contributed by atoms with Gasteiger partial charge in [0, 0.05) is 17.6 Å². The average Bonchev–Trinajstić information content (AvgIpc) is 3.20. The second-order valence-corrected chi connectivity index (χ2v) is 6.74. The van der Waals surface area contributed by atoms with Gasteiger partial charge in [-0.2, -0.15) is 5.10 Å². The van der Waals surface area contributed by atoms with Crippen LogP contribution in [0.3, 0.4) is 0 Å². The number of hydrogen-bond acceptors (Lipinski definition) is 5. The molecule has 1 N–H and O–H groups in total. The van der Waals surface area contributed by atoms with E-state index >= 15 is 0 Å². The number of carbonyl (C=O) groups excluding carboxylic acids is 2. The third-order valence-corrected chi connectivity index (χ3v) is 5.01. The molecule has 3 aromatic rings. The van der Waals surface area contributed by atoms with Crippen molar-refractivity contribution in [3.05, 3.63) is 58.7 Å². The van der Waals surface area contributed by atoms with Crippen LogP contribution >= 0.6 is 11.3 Å². The first kappa shape index (κ1) is 17.9. The standard InChI is InChI=1S/C19H19N3O3S/c1-4-25-19(24)17-14(11-16(26-17)13-8-6-5-7-9-13)20-18(23)15-10-12(2)22(3)21-15/h5-11H,4H2,1-3H3,(H,20,23). The van der Waals surface area contributed by atoms with Crippen LogP contribution in [0.5, 0.6) is 0 Å². The van der Waals surface area contributed by atoms with Gasteiger partial charge in [-0.3, -0.25) is 9.48 Å². The molecular formula is C19H19N3O3S. The molecule has 0 atom stereocenters. The van der Waals surface area contributed by atoms with Crippen molar-refractivity contribution in [1.82, 2.24) is 9.78 Å². The van der Waals surface area contributed by atoms with Crippen molar-refractivity contribution in [2.24, 2.45) is 7.05 Å². The van der Waals surface area contributed by atoms with Crippen LogP contribution < -0.4 is 5.32 Å². The number of anilines is 1. The topological polar surface area (TPSA) is 73.2 Å². The number of rotatable bonds is 5. The summed E-state index contributed by atoms with van der Waals surface area (Å²) in [5.74, 6) is -0.816. The molecule has 0 radical (unpaired) electrons. The Kier molecular flexibility index (Phi) is 5.18. The zero-order valence-electron chi connectivity index (χ0n) is 14.8. The molecule has 7 heteroatoms. The van der Waals surface area contributed by atoms with Gasteiger partial charge in [0.15, 0.2) is 5.69 Å². The van der Waals surface area contributed by atoms with Gasteiger partial charge in [-0.05, 0) is 31.5 Å². The Morgan fingerprint density at radius 3 is 2.58 bits per heavy atom. The van der Waals surface area contributed by atoms with Gasteiger partial charge in [0.1, 0.15) is 4.88 Å². The second-order valence-electron chi connectivity index (χ2n) is 5.69. The lowest BCUT2D eigenvalue weighted by Crippen LogP contribution is -2.15. The van der Waals surface area contributed by atoms with E-state index in [1.54, 1.807) is 30.8 Å². The van der Waals surface area contributed by atoms with Gasteiger partial charge in [0.25, 0.3) is 5.91 Å². The number of esters is 1. The Balaban J connectivity index is 1.94. The Hall–Kier alpha value is -2.93. The number of hydrogen-bond donors (Lipinski definition) is 1. The van der Waals surface area contributed by atoms with Gasteiger partial charge in [-0.25, -0.2) is 4.79 Å². The summed E-state index contributed by atoms with van der Waals surface area (Å²) in [6.45, 7) is 3.88. The summed E-state index contributed by atoms with van der Waals surface area (Å²) in [5.41, 5.74) is 2.57. The van der Waals surface area contributed by atoms with Crippen molar-refractivity contribution in [3.63, 3.8) is 0 Å². The highest BCUT2D eigenvalue weighted by molar-refractivity contribution is 7.18. The van der Waals surface area contributed by atoms with Crippen LogP contribution in [0.1, 0.15) is 32.8 Å². The Labute approximate surface area is 155 Å². The van der Waals surface area contributed by atoms with Crippen molar-refractivity contribution in [2.75, 3.05) is 11.9 Å². The minimum absolute atomic E-state index is 0.268. The Bertz CT molecular complexity index is 925.